The molecule has 0 radical (unpaired) electrons. The Bertz CT molecular complexity index is 1790. The molecule has 2 heterocycles. The maximum atomic E-state index is 6.49. The minimum atomic E-state index is 0.852. The van der Waals surface area contributed by atoms with E-state index >= 15 is 0 Å². The fourth-order valence-corrected chi connectivity index (χ4v) is 5.84. The van der Waals surface area contributed by atoms with Gasteiger partial charge >= 0.3 is 0 Å². The predicted molar refractivity (Wildman–Crippen MR) is 162 cm³/mol. The summed E-state index contributed by atoms with van der Waals surface area (Å²) in [6, 6.07) is 50.7. The molecule has 0 aliphatic carbocycles. The van der Waals surface area contributed by atoms with Crippen LogP contribution in [0.2, 0.25) is 0 Å². The minimum absolute atomic E-state index is 0.852. The summed E-state index contributed by atoms with van der Waals surface area (Å²) in [6.07, 6.45) is 0. The van der Waals surface area contributed by atoms with Crippen LogP contribution in [0.3, 0.4) is 0 Å². The first kappa shape index (κ1) is 22.6. The molecular formula is C38H24O2. The van der Waals surface area contributed by atoms with Gasteiger partial charge in [-0.2, -0.15) is 0 Å². The lowest BCUT2D eigenvalue weighted by atomic mass is 9.81. The van der Waals surface area contributed by atoms with Gasteiger partial charge in [-0.05, 0) is 58.7 Å². The first-order chi connectivity index (χ1) is 19.8. The van der Waals surface area contributed by atoms with Crippen molar-refractivity contribution in [2.75, 3.05) is 0 Å². The first-order valence-electron chi connectivity index (χ1n) is 13.5. The SMILES string of the molecule is c1ccc(-c2ccc3c(c2)C(=C2c4ccccc4Oc4ccc(-c5ccccc5)cc42)c2ccccc2O3)cc1. The third-order valence-electron chi connectivity index (χ3n) is 7.71. The molecule has 0 spiro atoms. The summed E-state index contributed by atoms with van der Waals surface area (Å²) in [7, 11) is 0. The van der Waals surface area contributed by atoms with Crippen LogP contribution in [0.15, 0.2) is 146 Å². The third-order valence-corrected chi connectivity index (χ3v) is 7.71. The Hall–Kier alpha value is -5.34. The number of rotatable bonds is 2. The van der Waals surface area contributed by atoms with Crippen LogP contribution < -0.4 is 9.47 Å². The fraction of sp³-hybridized carbons (Fsp3) is 0. The number of fused-ring (bicyclic) bond motifs is 4. The summed E-state index contributed by atoms with van der Waals surface area (Å²) >= 11 is 0. The second-order valence-corrected chi connectivity index (χ2v) is 10.1. The van der Waals surface area contributed by atoms with Gasteiger partial charge in [0.15, 0.2) is 0 Å². The highest BCUT2D eigenvalue weighted by atomic mass is 16.5. The molecule has 40 heavy (non-hydrogen) atoms. The summed E-state index contributed by atoms with van der Waals surface area (Å²) < 4.78 is 13.0. The quantitative estimate of drug-likeness (QED) is 0.229. The Balaban J connectivity index is 1.47. The Morgan fingerprint density at radius 1 is 0.275 bits per heavy atom. The third kappa shape index (κ3) is 3.65. The van der Waals surface area contributed by atoms with Crippen LogP contribution in [-0.2, 0) is 0 Å². The van der Waals surface area contributed by atoms with E-state index in [0.717, 1.165) is 67.5 Å². The molecule has 2 heteroatoms. The smallest absolute Gasteiger partial charge is 0.135 e. The molecule has 0 fully saturated rings. The molecule has 6 aromatic carbocycles. The van der Waals surface area contributed by atoms with Crippen LogP contribution in [0.25, 0.3) is 33.4 Å². The van der Waals surface area contributed by atoms with Gasteiger partial charge in [0, 0.05) is 33.4 Å². The highest BCUT2D eigenvalue weighted by Gasteiger charge is 2.31. The number of hydrogen-bond donors (Lipinski definition) is 0. The summed E-state index contributed by atoms with van der Waals surface area (Å²) in [5.74, 6) is 3.42. The predicted octanol–water partition coefficient (Wildman–Crippen LogP) is 10.2. The molecule has 0 bridgehead atoms. The van der Waals surface area contributed by atoms with Crippen LogP contribution >= 0.6 is 0 Å². The van der Waals surface area contributed by atoms with Crippen molar-refractivity contribution < 1.29 is 9.47 Å². The molecule has 0 amide bonds. The Morgan fingerprint density at radius 3 is 1.10 bits per heavy atom. The van der Waals surface area contributed by atoms with E-state index < -0.39 is 0 Å². The zero-order valence-electron chi connectivity index (χ0n) is 21.7. The number of para-hydroxylation sites is 2. The average molecular weight is 513 g/mol. The van der Waals surface area contributed by atoms with Crippen molar-refractivity contribution in [1.82, 2.24) is 0 Å². The molecule has 188 valence electrons. The molecule has 0 aromatic heterocycles. The van der Waals surface area contributed by atoms with Crippen molar-refractivity contribution in [3.8, 4) is 45.3 Å². The Morgan fingerprint density at radius 2 is 0.650 bits per heavy atom. The van der Waals surface area contributed by atoms with Crippen molar-refractivity contribution in [3.05, 3.63) is 168 Å². The van der Waals surface area contributed by atoms with Gasteiger partial charge in [0.1, 0.15) is 23.0 Å². The average Bonchev–Trinajstić information content (AvgIpc) is 3.03. The maximum absolute atomic E-state index is 6.49. The van der Waals surface area contributed by atoms with Crippen molar-refractivity contribution in [3.63, 3.8) is 0 Å². The zero-order chi connectivity index (χ0) is 26.5. The molecular weight excluding hydrogens is 488 g/mol. The largest absolute Gasteiger partial charge is 0.456 e. The number of benzene rings is 6. The van der Waals surface area contributed by atoms with Crippen LogP contribution in [0, 0.1) is 0 Å². The topological polar surface area (TPSA) is 18.5 Å². The lowest BCUT2D eigenvalue weighted by Crippen LogP contribution is -2.09. The molecule has 2 aliphatic rings. The van der Waals surface area contributed by atoms with Gasteiger partial charge < -0.3 is 9.47 Å². The molecule has 8 rings (SSSR count). The Labute approximate surface area is 233 Å². The van der Waals surface area contributed by atoms with E-state index in [-0.39, 0.29) is 0 Å². The highest BCUT2D eigenvalue weighted by molar-refractivity contribution is 6.10. The first-order valence-corrected chi connectivity index (χ1v) is 13.5. The highest BCUT2D eigenvalue weighted by Crippen LogP contribution is 2.54. The van der Waals surface area contributed by atoms with Crippen LogP contribution in [0.5, 0.6) is 23.0 Å². The van der Waals surface area contributed by atoms with Crippen LogP contribution in [0.1, 0.15) is 22.3 Å². The van der Waals surface area contributed by atoms with E-state index in [1.54, 1.807) is 0 Å². The normalized spacial score (nSPS) is 14.6. The zero-order valence-corrected chi connectivity index (χ0v) is 21.7. The summed E-state index contributed by atoms with van der Waals surface area (Å²) in [6.45, 7) is 0. The second kappa shape index (κ2) is 9.14. The summed E-state index contributed by atoms with van der Waals surface area (Å²) in [5.41, 5.74) is 11.2. The maximum Gasteiger partial charge on any atom is 0.135 e. The van der Waals surface area contributed by atoms with Gasteiger partial charge in [-0.15, -0.1) is 0 Å². The van der Waals surface area contributed by atoms with Gasteiger partial charge in [0.05, 0.1) is 0 Å². The van der Waals surface area contributed by atoms with E-state index in [1.807, 2.05) is 12.1 Å². The molecule has 0 saturated heterocycles. The van der Waals surface area contributed by atoms with Gasteiger partial charge in [-0.25, -0.2) is 0 Å². The summed E-state index contributed by atoms with van der Waals surface area (Å²) in [4.78, 5) is 0. The van der Waals surface area contributed by atoms with Crippen molar-refractivity contribution >= 4 is 11.1 Å². The van der Waals surface area contributed by atoms with E-state index in [0.29, 0.717) is 0 Å². The van der Waals surface area contributed by atoms with Gasteiger partial charge in [0.25, 0.3) is 0 Å². The number of ether oxygens (including phenoxy) is 2. The fourth-order valence-electron chi connectivity index (χ4n) is 5.84. The van der Waals surface area contributed by atoms with Crippen LogP contribution in [-0.4, -0.2) is 0 Å². The summed E-state index contributed by atoms with van der Waals surface area (Å²) in [5, 5.41) is 0. The Kier molecular flexibility index (Phi) is 5.17. The van der Waals surface area contributed by atoms with Gasteiger partial charge in [-0.3, -0.25) is 0 Å². The van der Waals surface area contributed by atoms with Crippen molar-refractivity contribution in [1.29, 1.82) is 0 Å². The molecule has 2 nitrogen and oxygen atoms in total. The second-order valence-electron chi connectivity index (χ2n) is 10.1. The lowest BCUT2D eigenvalue weighted by molar-refractivity contribution is 0.471. The van der Waals surface area contributed by atoms with E-state index in [9.17, 15) is 0 Å². The van der Waals surface area contributed by atoms with Gasteiger partial charge in [0.2, 0.25) is 0 Å². The van der Waals surface area contributed by atoms with Crippen molar-refractivity contribution in [2.24, 2.45) is 0 Å². The minimum Gasteiger partial charge on any atom is -0.456 e. The van der Waals surface area contributed by atoms with E-state index in [2.05, 4.69) is 133 Å². The molecule has 0 saturated carbocycles. The monoisotopic (exact) mass is 512 g/mol. The molecule has 0 N–H and O–H groups in total. The molecule has 2 aliphatic heterocycles. The van der Waals surface area contributed by atoms with Gasteiger partial charge in [-0.1, -0.05) is 109 Å². The van der Waals surface area contributed by atoms with E-state index in [1.165, 1.54) is 11.1 Å². The standard InChI is InChI=1S/C38H24O2/c1-3-11-25(12-4-1)27-19-21-35-31(23-27)37(29-15-7-9-17-33(29)39-35)38-30-16-8-10-18-34(30)40-36-22-20-28(24-32(36)38)26-13-5-2-6-14-26/h1-24H. The lowest BCUT2D eigenvalue weighted by Gasteiger charge is -2.30. The molecule has 6 aromatic rings. The van der Waals surface area contributed by atoms with E-state index in [4.69, 9.17) is 9.47 Å². The van der Waals surface area contributed by atoms with Crippen molar-refractivity contribution in [2.45, 2.75) is 0 Å². The molecule has 0 unspecified atom stereocenters. The molecule has 0 atom stereocenters. The number of hydrogen-bond acceptors (Lipinski definition) is 2. The van der Waals surface area contributed by atoms with Crippen LogP contribution in [0.4, 0.5) is 0 Å².